The van der Waals surface area contributed by atoms with E-state index in [9.17, 15) is 22.8 Å². The van der Waals surface area contributed by atoms with Crippen molar-refractivity contribution in [1.82, 2.24) is 14.5 Å². The van der Waals surface area contributed by atoms with Crippen LogP contribution in [0.2, 0.25) is 0 Å². The highest BCUT2D eigenvalue weighted by atomic mass is 19.4. The largest absolute Gasteiger partial charge is 0.408 e. The maximum absolute atomic E-state index is 14.0. The molecule has 9 nitrogen and oxygen atoms in total. The van der Waals surface area contributed by atoms with E-state index in [1.54, 1.807) is 25.1 Å². The normalized spacial score (nSPS) is 25.1. The Morgan fingerprint density at radius 3 is 2.71 bits per heavy atom. The first kappa shape index (κ1) is 23.6. The predicted octanol–water partition coefficient (Wildman–Crippen LogP) is 2.17. The van der Waals surface area contributed by atoms with Crippen LogP contribution in [0.3, 0.4) is 0 Å². The second-order valence-corrected chi connectivity index (χ2v) is 9.54. The van der Waals surface area contributed by atoms with Gasteiger partial charge in [-0.05, 0) is 36.8 Å². The molecule has 5 rings (SSSR count). The summed E-state index contributed by atoms with van der Waals surface area (Å²) in [4.78, 5) is 36.9. The number of nitrogens with zero attached hydrogens (tertiary/aromatic N) is 5. The number of alkyl halides is 3. The Hall–Kier alpha value is -3.15. The lowest BCUT2D eigenvalue weighted by atomic mass is 10.1. The van der Waals surface area contributed by atoms with Crippen LogP contribution >= 0.6 is 0 Å². The molecule has 188 valence electrons. The first-order valence-electron chi connectivity index (χ1n) is 11.6. The van der Waals surface area contributed by atoms with Gasteiger partial charge in [-0.25, -0.2) is 4.98 Å². The quantitative estimate of drug-likeness (QED) is 0.588. The van der Waals surface area contributed by atoms with E-state index in [0.29, 0.717) is 30.8 Å². The number of anilines is 3. The molecule has 2 aliphatic heterocycles. The summed E-state index contributed by atoms with van der Waals surface area (Å²) >= 11 is 0. The summed E-state index contributed by atoms with van der Waals surface area (Å²) in [6.45, 7) is 0.414. The van der Waals surface area contributed by atoms with Crippen LogP contribution in [0.5, 0.6) is 0 Å². The maximum atomic E-state index is 14.0. The van der Waals surface area contributed by atoms with Gasteiger partial charge in [0.2, 0.25) is 5.95 Å². The number of fused-ring (bicyclic) bond motifs is 2. The Balaban J connectivity index is 1.41. The Labute approximate surface area is 199 Å². The molecular weight excluding hydrogens is 465 g/mol. The molecule has 2 aromatic heterocycles. The predicted molar refractivity (Wildman–Crippen MR) is 123 cm³/mol. The van der Waals surface area contributed by atoms with Gasteiger partial charge in [0.1, 0.15) is 17.7 Å². The zero-order valence-electron chi connectivity index (χ0n) is 19.5. The Bertz CT molecular complexity index is 1170. The van der Waals surface area contributed by atoms with Gasteiger partial charge in [-0.1, -0.05) is 0 Å². The van der Waals surface area contributed by atoms with Crippen molar-refractivity contribution in [2.75, 3.05) is 48.9 Å². The number of pyridine rings is 1. The zero-order chi connectivity index (χ0) is 24.9. The fourth-order valence-corrected chi connectivity index (χ4v) is 4.85. The summed E-state index contributed by atoms with van der Waals surface area (Å²) in [5.74, 6) is 1.14. The fourth-order valence-electron chi connectivity index (χ4n) is 4.85. The number of Topliss-reactive ketones (excluding diaryl/α,β-unsaturated/α-hetero) is 1. The topological polar surface area (TPSA) is 92.6 Å². The smallest absolute Gasteiger partial charge is 0.376 e. The molecule has 35 heavy (non-hydrogen) atoms. The molecule has 12 heteroatoms. The van der Waals surface area contributed by atoms with Crippen molar-refractivity contribution >= 4 is 23.4 Å². The monoisotopic (exact) mass is 492 g/mol. The average Bonchev–Trinajstić information content (AvgIpc) is 3.48. The standard InChI is InChI=1S/C23H27F3N6O3/c1-30(2)20-4-3-13(9-28-20)16(33)11-32-18(23(24,25)26)5-6-31-21(34)8-19(29-22(31)32)27-10-17-15-7-14(15)12-35-17/h3-4,8-9,14-15,17-18,27H,5-7,10-12H2,1-2H3/t14?,15?,17?,18-/m0/s1. The van der Waals surface area contributed by atoms with Gasteiger partial charge < -0.3 is 19.9 Å². The molecule has 1 N–H and O–H groups in total. The molecule has 3 aliphatic rings. The lowest BCUT2D eigenvalue weighted by Gasteiger charge is -2.38. The fraction of sp³-hybridized carbons (Fsp3) is 0.565. The third kappa shape index (κ3) is 4.71. The summed E-state index contributed by atoms with van der Waals surface area (Å²) < 4.78 is 48.8. The van der Waals surface area contributed by atoms with Crippen LogP contribution in [0.25, 0.3) is 0 Å². The molecule has 1 saturated heterocycles. The minimum Gasteiger partial charge on any atom is -0.376 e. The van der Waals surface area contributed by atoms with Crippen molar-refractivity contribution in [3.05, 3.63) is 40.3 Å². The van der Waals surface area contributed by atoms with Crippen molar-refractivity contribution in [3.8, 4) is 0 Å². The van der Waals surface area contributed by atoms with E-state index in [1.807, 2.05) is 0 Å². The van der Waals surface area contributed by atoms with E-state index in [-0.39, 0.29) is 36.4 Å². The van der Waals surface area contributed by atoms with Gasteiger partial charge in [-0.15, -0.1) is 0 Å². The minimum absolute atomic E-state index is 0.00108. The van der Waals surface area contributed by atoms with Crippen LogP contribution < -0.4 is 20.7 Å². The molecule has 1 aliphatic carbocycles. The molecule has 2 fully saturated rings. The van der Waals surface area contributed by atoms with Gasteiger partial charge in [0.05, 0.1) is 19.3 Å². The van der Waals surface area contributed by atoms with Crippen molar-refractivity contribution in [2.24, 2.45) is 11.8 Å². The van der Waals surface area contributed by atoms with Crippen LogP contribution in [0, 0.1) is 11.8 Å². The highest BCUT2D eigenvalue weighted by Crippen LogP contribution is 2.48. The zero-order valence-corrected chi connectivity index (χ0v) is 19.5. The lowest BCUT2D eigenvalue weighted by molar-refractivity contribution is -0.152. The molecule has 0 radical (unpaired) electrons. The van der Waals surface area contributed by atoms with Crippen molar-refractivity contribution in [1.29, 1.82) is 0 Å². The summed E-state index contributed by atoms with van der Waals surface area (Å²) in [5, 5.41) is 3.05. The van der Waals surface area contributed by atoms with E-state index in [1.165, 1.54) is 22.9 Å². The Morgan fingerprint density at radius 1 is 1.31 bits per heavy atom. The molecule has 0 bridgehead atoms. The first-order valence-corrected chi connectivity index (χ1v) is 11.6. The van der Waals surface area contributed by atoms with Crippen LogP contribution in [-0.4, -0.2) is 72.4 Å². The number of ketones is 1. The number of carbonyl (C=O) groups excluding carboxylic acids is 1. The van der Waals surface area contributed by atoms with E-state index >= 15 is 0 Å². The second-order valence-electron chi connectivity index (χ2n) is 9.54. The van der Waals surface area contributed by atoms with Crippen LogP contribution in [0.1, 0.15) is 23.2 Å². The van der Waals surface area contributed by atoms with Gasteiger partial charge in [-0.2, -0.15) is 18.2 Å². The number of aromatic nitrogens is 3. The molecule has 2 aromatic rings. The van der Waals surface area contributed by atoms with E-state index in [2.05, 4.69) is 15.3 Å². The highest BCUT2D eigenvalue weighted by molar-refractivity contribution is 5.99. The van der Waals surface area contributed by atoms with E-state index in [4.69, 9.17) is 4.74 Å². The molecule has 0 aromatic carbocycles. The number of rotatable bonds is 7. The number of halogens is 3. The third-order valence-electron chi connectivity index (χ3n) is 6.93. The molecule has 4 atom stereocenters. The summed E-state index contributed by atoms with van der Waals surface area (Å²) in [6, 6.07) is 2.50. The average molecular weight is 493 g/mol. The van der Waals surface area contributed by atoms with Crippen LogP contribution in [0.4, 0.5) is 30.8 Å². The third-order valence-corrected chi connectivity index (χ3v) is 6.93. The van der Waals surface area contributed by atoms with Crippen molar-refractivity contribution in [3.63, 3.8) is 0 Å². The van der Waals surface area contributed by atoms with Crippen molar-refractivity contribution < 1.29 is 22.7 Å². The van der Waals surface area contributed by atoms with E-state index in [0.717, 1.165) is 11.3 Å². The van der Waals surface area contributed by atoms with Crippen LogP contribution in [0.15, 0.2) is 29.2 Å². The second kappa shape index (κ2) is 8.81. The molecule has 4 heterocycles. The van der Waals surface area contributed by atoms with Crippen molar-refractivity contribution in [2.45, 2.75) is 37.7 Å². The number of ether oxygens (including phenoxy) is 1. The molecule has 0 spiro atoms. The minimum atomic E-state index is -4.60. The van der Waals surface area contributed by atoms with Gasteiger partial charge >= 0.3 is 6.18 Å². The van der Waals surface area contributed by atoms with Gasteiger partial charge in [0, 0.05) is 45.0 Å². The number of carbonyl (C=O) groups is 1. The molecule has 3 unspecified atom stereocenters. The summed E-state index contributed by atoms with van der Waals surface area (Å²) in [5.41, 5.74) is -0.285. The Morgan fingerprint density at radius 2 is 2.11 bits per heavy atom. The maximum Gasteiger partial charge on any atom is 0.408 e. The van der Waals surface area contributed by atoms with Gasteiger partial charge in [0.25, 0.3) is 5.56 Å². The molecular formula is C23H27F3N6O3. The summed E-state index contributed by atoms with van der Waals surface area (Å²) in [7, 11) is 3.58. The number of nitrogens with one attached hydrogen (secondary N) is 1. The lowest BCUT2D eigenvalue weighted by Crippen LogP contribution is -2.54. The van der Waals surface area contributed by atoms with E-state index < -0.39 is 30.1 Å². The Kier molecular flexibility index (Phi) is 5.94. The van der Waals surface area contributed by atoms with Crippen LogP contribution in [-0.2, 0) is 11.3 Å². The summed E-state index contributed by atoms with van der Waals surface area (Å²) in [6.07, 6.45) is -2.50. The SMILES string of the molecule is CN(C)c1ccc(C(=O)CN2c3nc(NCC4OCC5CC54)cc(=O)n3CC[C@H]2C(F)(F)F)cn1. The number of hydrogen-bond acceptors (Lipinski definition) is 8. The first-order chi connectivity index (χ1) is 16.6. The molecule has 0 amide bonds. The van der Waals surface area contributed by atoms with Gasteiger partial charge in [0.15, 0.2) is 5.78 Å². The number of hydrogen-bond donors (Lipinski definition) is 1. The van der Waals surface area contributed by atoms with Gasteiger partial charge in [-0.3, -0.25) is 14.2 Å². The highest BCUT2D eigenvalue weighted by Gasteiger charge is 2.49. The molecule has 1 saturated carbocycles.